The fourth-order valence-electron chi connectivity index (χ4n) is 2.88. The lowest BCUT2D eigenvalue weighted by Crippen LogP contribution is -2.51. The fraction of sp³-hybridized carbons (Fsp3) is 0.611. The molecule has 1 aliphatic rings. The molecule has 8 heteroatoms. The molecule has 6 nitrogen and oxygen atoms in total. The van der Waals surface area contributed by atoms with Gasteiger partial charge >= 0.3 is 6.09 Å². The van der Waals surface area contributed by atoms with Crippen LogP contribution in [0.1, 0.15) is 39.2 Å². The van der Waals surface area contributed by atoms with Crippen molar-refractivity contribution < 1.29 is 17.9 Å². The Kier molecular flexibility index (Phi) is 6.58. The Morgan fingerprint density at radius 1 is 1.35 bits per heavy atom. The van der Waals surface area contributed by atoms with Crippen molar-refractivity contribution in [2.45, 2.75) is 51.0 Å². The molecule has 26 heavy (non-hydrogen) atoms. The van der Waals surface area contributed by atoms with Gasteiger partial charge in [0.25, 0.3) is 0 Å². The Morgan fingerprint density at radius 2 is 2.00 bits per heavy atom. The normalized spacial score (nSPS) is 18.8. The molecule has 1 fully saturated rings. The van der Waals surface area contributed by atoms with Crippen LogP contribution in [0.3, 0.4) is 0 Å². The standard InChI is InChI=1S/C18H27ClN2O4S/c1-18(2,3)25-17(22)21-11-7-9-15(12-21)20(4)26(23,24)13-14-8-5-6-10-16(14)19/h5-6,8,10,15H,7,9,11-13H2,1-4H3/t15-/m0/s1. The average molecular weight is 403 g/mol. The SMILES string of the molecule is CN([C@H]1CCCN(C(=O)OC(C)(C)C)C1)S(=O)(=O)Cc1ccccc1Cl. The van der Waals surface area contributed by atoms with Crippen LogP contribution in [0.25, 0.3) is 0 Å². The molecule has 1 aromatic rings. The summed E-state index contributed by atoms with van der Waals surface area (Å²) in [4.78, 5) is 13.9. The Hall–Kier alpha value is -1.31. The van der Waals surface area contributed by atoms with Gasteiger partial charge in [0, 0.05) is 31.2 Å². The van der Waals surface area contributed by atoms with Crippen LogP contribution in [0.4, 0.5) is 4.79 Å². The summed E-state index contributed by atoms with van der Waals surface area (Å²) in [5, 5.41) is 0.434. The second-order valence-corrected chi connectivity index (χ2v) is 10.0. The van der Waals surface area contributed by atoms with Crippen LogP contribution in [0, 0.1) is 0 Å². The number of sulfonamides is 1. The molecule has 0 aromatic heterocycles. The molecule has 1 aliphatic heterocycles. The minimum atomic E-state index is -3.55. The van der Waals surface area contributed by atoms with Gasteiger partial charge in [-0.1, -0.05) is 29.8 Å². The van der Waals surface area contributed by atoms with Crippen LogP contribution >= 0.6 is 11.6 Å². The van der Waals surface area contributed by atoms with Crippen molar-refractivity contribution in [3.63, 3.8) is 0 Å². The maximum atomic E-state index is 12.8. The van der Waals surface area contributed by atoms with E-state index in [2.05, 4.69) is 0 Å². The number of carbonyl (C=O) groups is 1. The van der Waals surface area contributed by atoms with E-state index in [4.69, 9.17) is 16.3 Å². The van der Waals surface area contributed by atoms with Gasteiger partial charge in [-0.2, -0.15) is 4.31 Å². The first-order chi connectivity index (χ1) is 12.0. The number of rotatable bonds is 4. The molecule has 0 aliphatic carbocycles. The Bertz CT molecular complexity index is 746. The molecule has 0 saturated carbocycles. The number of ether oxygens (including phenoxy) is 1. The highest BCUT2D eigenvalue weighted by atomic mass is 35.5. The summed E-state index contributed by atoms with van der Waals surface area (Å²) in [6.07, 6.45) is 1.03. The first-order valence-corrected chi connectivity index (χ1v) is 10.7. The summed E-state index contributed by atoms with van der Waals surface area (Å²) in [6, 6.07) is 6.64. The van der Waals surface area contributed by atoms with Crippen LogP contribution in [0.2, 0.25) is 5.02 Å². The van der Waals surface area contributed by atoms with Crippen molar-refractivity contribution in [1.82, 2.24) is 9.21 Å². The first-order valence-electron chi connectivity index (χ1n) is 8.66. The molecule has 1 atom stereocenters. The van der Waals surface area contributed by atoms with Crippen LogP contribution in [0.15, 0.2) is 24.3 Å². The highest BCUT2D eigenvalue weighted by molar-refractivity contribution is 7.88. The van der Waals surface area contributed by atoms with Gasteiger partial charge in [0.2, 0.25) is 10.0 Å². The molecule has 1 saturated heterocycles. The van der Waals surface area contributed by atoms with Gasteiger partial charge in [-0.25, -0.2) is 13.2 Å². The third-order valence-corrected chi connectivity index (χ3v) is 6.52. The van der Waals surface area contributed by atoms with Gasteiger partial charge in [0.15, 0.2) is 0 Å². The van der Waals surface area contributed by atoms with Crippen LogP contribution in [-0.2, 0) is 20.5 Å². The van der Waals surface area contributed by atoms with Crippen molar-refractivity contribution >= 4 is 27.7 Å². The van der Waals surface area contributed by atoms with Gasteiger partial charge in [-0.05, 0) is 45.2 Å². The zero-order valence-electron chi connectivity index (χ0n) is 15.7. The van der Waals surface area contributed by atoms with Crippen molar-refractivity contribution in [1.29, 1.82) is 0 Å². The Morgan fingerprint density at radius 3 is 2.62 bits per heavy atom. The van der Waals surface area contributed by atoms with E-state index in [1.807, 2.05) is 20.8 Å². The minimum Gasteiger partial charge on any atom is -0.444 e. The fourth-order valence-corrected chi connectivity index (χ4v) is 4.64. The van der Waals surface area contributed by atoms with Gasteiger partial charge in [0.05, 0.1) is 5.75 Å². The van der Waals surface area contributed by atoms with Crippen LogP contribution in [0.5, 0.6) is 0 Å². The Labute approximate surface area is 161 Å². The topological polar surface area (TPSA) is 66.9 Å². The zero-order valence-corrected chi connectivity index (χ0v) is 17.3. The third-order valence-electron chi connectivity index (χ3n) is 4.30. The molecule has 0 bridgehead atoms. The molecule has 0 radical (unpaired) electrons. The maximum Gasteiger partial charge on any atom is 0.410 e. The molecule has 146 valence electrons. The van der Waals surface area contributed by atoms with Crippen molar-refractivity contribution in [2.24, 2.45) is 0 Å². The van der Waals surface area contributed by atoms with E-state index in [0.717, 1.165) is 6.42 Å². The zero-order chi connectivity index (χ0) is 19.5. The number of benzene rings is 1. The third kappa shape index (κ3) is 5.59. The van der Waals surface area contributed by atoms with E-state index in [-0.39, 0.29) is 11.8 Å². The number of piperidine rings is 1. The van der Waals surface area contributed by atoms with E-state index in [9.17, 15) is 13.2 Å². The molecule has 1 aromatic carbocycles. The molecule has 0 unspecified atom stereocenters. The molecule has 0 N–H and O–H groups in total. The summed E-state index contributed by atoms with van der Waals surface area (Å²) in [5.41, 5.74) is -0.00711. The second kappa shape index (κ2) is 8.15. The molecule has 1 amide bonds. The average Bonchev–Trinajstić information content (AvgIpc) is 2.54. The predicted molar refractivity (Wildman–Crippen MR) is 103 cm³/mol. The lowest BCUT2D eigenvalue weighted by Gasteiger charge is -2.37. The quantitative estimate of drug-likeness (QED) is 0.772. The molecule has 0 spiro atoms. The number of likely N-dealkylation sites (tertiary alicyclic amines) is 1. The number of likely N-dealkylation sites (N-methyl/N-ethyl adjacent to an activating group) is 1. The Balaban J connectivity index is 2.07. The number of amides is 1. The van der Waals surface area contributed by atoms with E-state index in [0.29, 0.717) is 30.1 Å². The summed E-state index contributed by atoms with van der Waals surface area (Å²) in [6.45, 7) is 6.34. The van der Waals surface area contributed by atoms with Crippen LogP contribution in [-0.4, -0.2) is 55.5 Å². The lowest BCUT2D eigenvalue weighted by atomic mass is 10.1. The second-order valence-electron chi connectivity index (χ2n) is 7.59. The van der Waals surface area contributed by atoms with Gasteiger partial charge in [-0.3, -0.25) is 0 Å². The van der Waals surface area contributed by atoms with E-state index in [1.54, 1.807) is 36.2 Å². The first kappa shape index (κ1) is 21.0. The summed E-state index contributed by atoms with van der Waals surface area (Å²) in [7, 11) is -1.98. The monoisotopic (exact) mass is 402 g/mol. The maximum absolute atomic E-state index is 12.8. The number of hydrogen-bond donors (Lipinski definition) is 0. The largest absolute Gasteiger partial charge is 0.444 e. The van der Waals surface area contributed by atoms with Crippen LogP contribution < -0.4 is 0 Å². The van der Waals surface area contributed by atoms with Crippen molar-refractivity contribution in [3.8, 4) is 0 Å². The van der Waals surface area contributed by atoms with Crippen molar-refractivity contribution in [2.75, 3.05) is 20.1 Å². The van der Waals surface area contributed by atoms with E-state index in [1.165, 1.54) is 4.31 Å². The molecular formula is C18H27ClN2O4S. The number of halogens is 1. The molecule has 1 heterocycles. The number of nitrogens with zero attached hydrogens (tertiary/aromatic N) is 2. The molecule has 2 rings (SSSR count). The van der Waals surface area contributed by atoms with Gasteiger partial charge < -0.3 is 9.64 Å². The minimum absolute atomic E-state index is 0.161. The van der Waals surface area contributed by atoms with Gasteiger partial charge in [-0.15, -0.1) is 0 Å². The lowest BCUT2D eigenvalue weighted by molar-refractivity contribution is 0.0163. The predicted octanol–water partition coefficient (Wildman–Crippen LogP) is 3.50. The smallest absolute Gasteiger partial charge is 0.410 e. The number of carbonyl (C=O) groups excluding carboxylic acids is 1. The highest BCUT2D eigenvalue weighted by Gasteiger charge is 2.33. The summed E-state index contributed by atoms with van der Waals surface area (Å²) < 4.78 is 32.4. The van der Waals surface area contributed by atoms with Gasteiger partial charge in [0.1, 0.15) is 5.60 Å². The molecular weight excluding hydrogens is 376 g/mol. The highest BCUT2D eigenvalue weighted by Crippen LogP contribution is 2.24. The van der Waals surface area contributed by atoms with E-state index >= 15 is 0 Å². The summed E-state index contributed by atoms with van der Waals surface area (Å²) in [5.74, 6) is -0.161. The number of hydrogen-bond acceptors (Lipinski definition) is 4. The van der Waals surface area contributed by atoms with Crippen molar-refractivity contribution in [3.05, 3.63) is 34.9 Å². The summed E-state index contributed by atoms with van der Waals surface area (Å²) >= 11 is 6.09. The van der Waals surface area contributed by atoms with E-state index < -0.39 is 21.7 Å².